The number of carboxylic acids is 1. The molecule has 0 radical (unpaired) electrons. The Morgan fingerprint density at radius 2 is 1.95 bits per heavy atom. The highest BCUT2D eigenvalue weighted by Gasteiger charge is 2.17. The van der Waals surface area contributed by atoms with Gasteiger partial charge in [-0.15, -0.1) is 0 Å². The second-order valence-electron chi connectivity index (χ2n) is 4.12. The third-order valence-corrected chi connectivity index (χ3v) is 3.07. The molecule has 2 N–H and O–H groups in total. The monoisotopic (exact) mass is 303 g/mol. The van der Waals surface area contributed by atoms with Crippen molar-refractivity contribution in [3.8, 4) is 0 Å². The fraction of sp³-hybridized carbons (Fsp3) is 0.385. The maximum absolute atomic E-state index is 11.7. The molecule has 1 aromatic rings. The van der Waals surface area contributed by atoms with Crippen LogP contribution < -0.4 is 5.32 Å². The molecule has 0 aliphatic rings. The fourth-order valence-electron chi connectivity index (χ4n) is 1.61. The molecule has 0 saturated heterocycles. The van der Waals surface area contributed by atoms with Crippen LogP contribution in [0.3, 0.4) is 0 Å². The molecule has 4 nitrogen and oxygen atoms in total. The summed E-state index contributed by atoms with van der Waals surface area (Å²) < 4.78 is 0. The van der Waals surface area contributed by atoms with Gasteiger partial charge < -0.3 is 10.4 Å². The van der Waals surface area contributed by atoms with Gasteiger partial charge in [0, 0.05) is 11.4 Å². The van der Waals surface area contributed by atoms with E-state index in [0.29, 0.717) is 6.42 Å². The smallest absolute Gasteiger partial charge is 0.337 e. The Hall–Kier alpha value is -1.26. The second kappa shape index (κ2) is 7.36. The third-order valence-electron chi connectivity index (χ3n) is 2.56. The van der Waals surface area contributed by atoms with Gasteiger partial charge in [-0.2, -0.15) is 0 Å². The number of hydrogen-bond donors (Lipinski definition) is 2. The minimum atomic E-state index is -1.19. The summed E-state index contributed by atoms with van der Waals surface area (Å²) in [6.45, 7) is 2.04. The van der Waals surface area contributed by atoms with Crippen LogP contribution in [-0.2, 0) is 4.79 Å². The van der Waals surface area contributed by atoms with Gasteiger partial charge in [0.15, 0.2) is 0 Å². The Morgan fingerprint density at radius 1 is 1.26 bits per heavy atom. The van der Waals surface area contributed by atoms with Gasteiger partial charge in [-0.25, -0.2) is 4.79 Å². The lowest BCUT2D eigenvalue weighted by atomic mass is 10.1. The van der Waals surface area contributed by atoms with Crippen LogP contribution in [0, 0.1) is 0 Å². The van der Waals surface area contributed by atoms with Crippen LogP contribution in [0.25, 0.3) is 0 Å². The van der Waals surface area contributed by atoms with Crippen molar-refractivity contribution in [3.63, 3.8) is 0 Å². The molecule has 0 aromatic heterocycles. The minimum Gasteiger partial charge on any atom is -0.478 e. The first kappa shape index (κ1) is 15.8. The van der Waals surface area contributed by atoms with Crippen LogP contribution in [0.15, 0.2) is 12.1 Å². The molecule has 0 atom stereocenters. The van der Waals surface area contributed by atoms with E-state index < -0.39 is 5.97 Å². The van der Waals surface area contributed by atoms with E-state index in [1.54, 1.807) is 0 Å². The zero-order chi connectivity index (χ0) is 14.4. The number of anilines is 1. The number of rotatable bonds is 6. The molecular formula is C13H15Cl2NO3. The maximum Gasteiger partial charge on any atom is 0.337 e. The highest BCUT2D eigenvalue weighted by atomic mass is 35.5. The average molecular weight is 304 g/mol. The van der Waals surface area contributed by atoms with Gasteiger partial charge in [0.2, 0.25) is 5.91 Å². The van der Waals surface area contributed by atoms with Crippen molar-refractivity contribution in [3.05, 3.63) is 27.7 Å². The Bertz CT molecular complexity index is 489. The number of unbranched alkanes of at least 4 members (excludes halogenated alkanes) is 2. The third kappa shape index (κ3) is 4.73. The molecule has 0 fully saturated rings. The van der Waals surface area contributed by atoms with Gasteiger partial charge >= 0.3 is 5.97 Å². The van der Waals surface area contributed by atoms with Crippen LogP contribution in [0.4, 0.5) is 5.69 Å². The van der Waals surface area contributed by atoms with E-state index in [4.69, 9.17) is 28.3 Å². The van der Waals surface area contributed by atoms with E-state index >= 15 is 0 Å². The first-order valence-electron chi connectivity index (χ1n) is 5.98. The molecule has 1 amide bonds. The zero-order valence-corrected chi connectivity index (χ0v) is 12.0. The number of benzene rings is 1. The van der Waals surface area contributed by atoms with E-state index in [0.717, 1.165) is 19.3 Å². The van der Waals surface area contributed by atoms with Crippen molar-refractivity contribution in [2.45, 2.75) is 32.6 Å². The lowest BCUT2D eigenvalue weighted by Crippen LogP contribution is -2.14. The van der Waals surface area contributed by atoms with E-state index in [1.165, 1.54) is 12.1 Å². The standard InChI is InChI=1S/C13H15Cl2NO3/c1-2-3-4-5-11(17)16-12-9(13(18)19)6-8(14)7-10(12)15/h6-7H,2-5H2,1H3,(H,16,17)(H,18,19). The summed E-state index contributed by atoms with van der Waals surface area (Å²) in [5, 5.41) is 11.9. The van der Waals surface area contributed by atoms with E-state index in [1.807, 2.05) is 6.92 Å². The van der Waals surface area contributed by atoms with Gasteiger partial charge in [-0.1, -0.05) is 43.0 Å². The first-order valence-corrected chi connectivity index (χ1v) is 6.73. The maximum atomic E-state index is 11.7. The zero-order valence-electron chi connectivity index (χ0n) is 10.5. The SMILES string of the molecule is CCCCCC(=O)Nc1c(Cl)cc(Cl)cc1C(=O)O. The predicted molar refractivity (Wildman–Crippen MR) is 76.2 cm³/mol. The van der Waals surface area contributed by atoms with Gasteiger partial charge in [-0.05, 0) is 18.6 Å². The lowest BCUT2D eigenvalue weighted by Gasteiger charge is -2.11. The molecule has 1 aromatic carbocycles. The molecule has 0 bridgehead atoms. The number of hydrogen-bond acceptors (Lipinski definition) is 2. The van der Waals surface area contributed by atoms with Gasteiger partial charge in [0.05, 0.1) is 16.3 Å². The Labute approximate surface area is 121 Å². The Kier molecular flexibility index (Phi) is 6.12. The van der Waals surface area contributed by atoms with Gasteiger partial charge in [0.25, 0.3) is 0 Å². The van der Waals surface area contributed by atoms with E-state index in [-0.39, 0.29) is 27.2 Å². The van der Waals surface area contributed by atoms with E-state index in [9.17, 15) is 9.59 Å². The quantitative estimate of drug-likeness (QED) is 0.774. The number of nitrogens with one attached hydrogen (secondary N) is 1. The molecular weight excluding hydrogens is 289 g/mol. The van der Waals surface area contributed by atoms with Crippen LogP contribution in [-0.4, -0.2) is 17.0 Å². The average Bonchev–Trinajstić information content (AvgIpc) is 2.32. The van der Waals surface area contributed by atoms with Crippen molar-refractivity contribution in [2.75, 3.05) is 5.32 Å². The van der Waals surface area contributed by atoms with Gasteiger partial charge in [0.1, 0.15) is 0 Å². The fourth-order valence-corrected chi connectivity index (χ4v) is 2.15. The second-order valence-corrected chi connectivity index (χ2v) is 4.96. The minimum absolute atomic E-state index is 0.0973. The normalized spacial score (nSPS) is 10.3. The van der Waals surface area contributed by atoms with Crippen LogP contribution in [0.5, 0.6) is 0 Å². The molecule has 0 heterocycles. The highest BCUT2D eigenvalue weighted by Crippen LogP contribution is 2.30. The van der Waals surface area contributed by atoms with Crippen molar-refractivity contribution in [1.82, 2.24) is 0 Å². The number of halogens is 2. The van der Waals surface area contributed by atoms with Crippen molar-refractivity contribution in [2.24, 2.45) is 0 Å². The van der Waals surface area contributed by atoms with Crippen LogP contribution in [0.1, 0.15) is 43.0 Å². The van der Waals surface area contributed by atoms with E-state index in [2.05, 4.69) is 5.32 Å². The summed E-state index contributed by atoms with van der Waals surface area (Å²) in [5.74, 6) is -1.44. The number of carbonyl (C=O) groups is 2. The molecule has 0 spiro atoms. The van der Waals surface area contributed by atoms with Crippen molar-refractivity contribution >= 4 is 40.8 Å². The summed E-state index contributed by atoms with van der Waals surface area (Å²) in [6, 6.07) is 2.66. The molecule has 0 aliphatic carbocycles. The molecule has 0 saturated carbocycles. The molecule has 104 valence electrons. The summed E-state index contributed by atoms with van der Waals surface area (Å²) >= 11 is 11.7. The largest absolute Gasteiger partial charge is 0.478 e. The molecule has 19 heavy (non-hydrogen) atoms. The number of aromatic carboxylic acids is 1. The summed E-state index contributed by atoms with van der Waals surface area (Å²) in [4.78, 5) is 22.8. The summed E-state index contributed by atoms with van der Waals surface area (Å²) in [6.07, 6.45) is 3.06. The van der Waals surface area contributed by atoms with Crippen molar-refractivity contribution in [1.29, 1.82) is 0 Å². The summed E-state index contributed by atoms with van der Waals surface area (Å²) in [5.41, 5.74) is -0.0126. The number of carbonyl (C=O) groups excluding carboxylic acids is 1. The number of carboxylic acid groups (broad SMARTS) is 1. The van der Waals surface area contributed by atoms with Crippen LogP contribution >= 0.6 is 23.2 Å². The summed E-state index contributed by atoms with van der Waals surface area (Å²) in [7, 11) is 0. The highest BCUT2D eigenvalue weighted by molar-refractivity contribution is 6.37. The number of amides is 1. The van der Waals surface area contributed by atoms with Gasteiger partial charge in [-0.3, -0.25) is 4.79 Å². The molecule has 1 rings (SSSR count). The topological polar surface area (TPSA) is 66.4 Å². The van der Waals surface area contributed by atoms with Crippen LogP contribution in [0.2, 0.25) is 10.0 Å². The molecule has 0 aliphatic heterocycles. The predicted octanol–water partition coefficient (Wildman–Crippen LogP) is 4.21. The molecule has 0 unspecified atom stereocenters. The molecule has 6 heteroatoms. The lowest BCUT2D eigenvalue weighted by molar-refractivity contribution is -0.116. The Balaban J connectivity index is 2.88. The Morgan fingerprint density at radius 3 is 2.53 bits per heavy atom. The first-order chi connectivity index (χ1) is 8.95. The van der Waals surface area contributed by atoms with Crippen molar-refractivity contribution < 1.29 is 14.7 Å².